The number of aryl methyl sites for hydroxylation is 1. The summed E-state index contributed by atoms with van der Waals surface area (Å²) in [7, 11) is 0. The first-order chi connectivity index (χ1) is 9.70. The van der Waals surface area contributed by atoms with E-state index in [0.717, 1.165) is 32.2 Å². The van der Waals surface area contributed by atoms with Gasteiger partial charge >= 0.3 is 0 Å². The van der Waals surface area contributed by atoms with Gasteiger partial charge in [-0.1, -0.05) is 35.0 Å². The fourth-order valence-electron chi connectivity index (χ4n) is 2.21. The van der Waals surface area contributed by atoms with Crippen LogP contribution in [0.2, 0.25) is 0 Å². The SMILES string of the molecule is CCCn1cnc2scc(-c3ccc(Br)cc3)c2c1=O. The third-order valence-electron chi connectivity index (χ3n) is 3.18. The van der Waals surface area contributed by atoms with Crippen LogP contribution in [0.5, 0.6) is 0 Å². The summed E-state index contributed by atoms with van der Waals surface area (Å²) in [5, 5.41) is 2.74. The summed E-state index contributed by atoms with van der Waals surface area (Å²) >= 11 is 4.95. The molecule has 0 N–H and O–H groups in total. The lowest BCUT2D eigenvalue weighted by Crippen LogP contribution is -2.20. The molecule has 0 fully saturated rings. The maximum Gasteiger partial charge on any atom is 0.262 e. The van der Waals surface area contributed by atoms with Gasteiger partial charge in [-0.2, -0.15) is 0 Å². The largest absolute Gasteiger partial charge is 0.299 e. The van der Waals surface area contributed by atoms with Crippen LogP contribution in [-0.4, -0.2) is 9.55 Å². The maximum absolute atomic E-state index is 12.6. The maximum atomic E-state index is 12.6. The number of nitrogens with zero attached hydrogens (tertiary/aromatic N) is 2. The molecule has 2 heterocycles. The lowest BCUT2D eigenvalue weighted by Gasteiger charge is -2.04. The number of thiophene rings is 1. The third kappa shape index (κ3) is 2.31. The van der Waals surface area contributed by atoms with Crippen LogP contribution in [0.3, 0.4) is 0 Å². The Hall–Kier alpha value is -1.46. The van der Waals surface area contributed by atoms with E-state index in [1.54, 1.807) is 10.9 Å². The number of hydrogen-bond acceptors (Lipinski definition) is 3. The van der Waals surface area contributed by atoms with E-state index >= 15 is 0 Å². The van der Waals surface area contributed by atoms with Crippen molar-refractivity contribution < 1.29 is 0 Å². The molecule has 0 saturated carbocycles. The van der Waals surface area contributed by atoms with Crippen LogP contribution in [0.1, 0.15) is 13.3 Å². The zero-order valence-electron chi connectivity index (χ0n) is 11.0. The Labute approximate surface area is 129 Å². The highest BCUT2D eigenvalue weighted by molar-refractivity contribution is 9.10. The van der Waals surface area contributed by atoms with E-state index in [1.807, 2.05) is 29.6 Å². The summed E-state index contributed by atoms with van der Waals surface area (Å²) in [6, 6.07) is 8.00. The molecule has 0 bridgehead atoms. The van der Waals surface area contributed by atoms with E-state index in [1.165, 1.54) is 11.3 Å². The van der Waals surface area contributed by atoms with E-state index in [-0.39, 0.29) is 5.56 Å². The first-order valence-electron chi connectivity index (χ1n) is 6.43. The average molecular weight is 349 g/mol. The number of hydrogen-bond donors (Lipinski definition) is 0. The topological polar surface area (TPSA) is 34.9 Å². The molecule has 20 heavy (non-hydrogen) atoms. The summed E-state index contributed by atoms with van der Waals surface area (Å²) in [5.41, 5.74) is 2.07. The van der Waals surface area contributed by atoms with E-state index < -0.39 is 0 Å². The Kier molecular flexibility index (Phi) is 3.72. The minimum absolute atomic E-state index is 0.0519. The van der Waals surface area contributed by atoms with Crippen LogP contribution in [-0.2, 0) is 6.54 Å². The van der Waals surface area contributed by atoms with Crippen LogP contribution in [0, 0.1) is 0 Å². The zero-order chi connectivity index (χ0) is 14.1. The lowest BCUT2D eigenvalue weighted by atomic mass is 10.1. The molecule has 0 aliphatic carbocycles. The highest BCUT2D eigenvalue weighted by Crippen LogP contribution is 2.31. The smallest absolute Gasteiger partial charge is 0.262 e. The number of halogens is 1. The van der Waals surface area contributed by atoms with Crippen LogP contribution < -0.4 is 5.56 Å². The summed E-state index contributed by atoms with van der Waals surface area (Å²) in [4.78, 5) is 17.8. The molecule has 3 aromatic rings. The van der Waals surface area contributed by atoms with Crippen molar-refractivity contribution in [3.63, 3.8) is 0 Å². The van der Waals surface area contributed by atoms with Gasteiger partial charge in [0.15, 0.2) is 0 Å². The molecule has 0 atom stereocenters. The Morgan fingerprint density at radius 2 is 2.05 bits per heavy atom. The van der Waals surface area contributed by atoms with Gasteiger partial charge in [0.1, 0.15) is 4.83 Å². The van der Waals surface area contributed by atoms with E-state index in [4.69, 9.17) is 0 Å². The van der Waals surface area contributed by atoms with Crippen molar-refractivity contribution in [3.8, 4) is 11.1 Å². The molecular formula is C15H13BrN2OS. The summed E-state index contributed by atoms with van der Waals surface area (Å²) in [6.07, 6.45) is 2.57. The Morgan fingerprint density at radius 3 is 2.75 bits per heavy atom. The predicted octanol–water partition coefficient (Wildman–Crippen LogP) is 4.30. The lowest BCUT2D eigenvalue weighted by molar-refractivity contribution is 0.648. The molecule has 5 heteroatoms. The minimum Gasteiger partial charge on any atom is -0.299 e. The standard InChI is InChI=1S/C15H13BrN2OS/c1-2-7-18-9-17-14-13(15(18)19)12(8-20-14)10-3-5-11(16)6-4-10/h3-6,8-9H,2,7H2,1H3. The van der Waals surface area contributed by atoms with E-state index in [9.17, 15) is 4.79 Å². The second-order valence-corrected chi connectivity index (χ2v) is 6.35. The van der Waals surface area contributed by atoms with Crippen molar-refractivity contribution in [2.75, 3.05) is 0 Å². The molecule has 0 unspecified atom stereocenters. The van der Waals surface area contributed by atoms with E-state index in [0.29, 0.717) is 6.54 Å². The molecule has 3 nitrogen and oxygen atoms in total. The monoisotopic (exact) mass is 348 g/mol. The Balaban J connectivity index is 2.24. The number of rotatable bonds is 3. The van der Waals surface area contributed by atoms with Gasteiger partial charge in [0.25, 0.3) is 5.56 Å². The zero-order valence-corrected chi connectivity index (χ0v) is 13.4. The van der Waals surface area contributed by atoms with Gasteiger partial charge in [-0.05, 0) is 24.1 Å². The quantitative estimate of drug-likeness (QED) is 0.707. The molecule has 3 rings (SSSR count). The molecule has 0 aliphatic heterocycles. The molecule has 0 radical (unpaired) electrons. The Bertz CT molecular complexity index is 805. The predicted molar refractivity (Wildman–Crippen MR) is 87.3 cm³/mol. The number of benzene rings is 1. The first-order valence-corrected chi connectivity index (χ1v) is 8.10. The van der Waals surface area contributed by atoms with Gasteiger partial charge in [-0.25, -0.2) is 4.98 Å². The van der Waals surface area contributed by atoms with Gasteiger partial charge < -0.3 is 0 Å². The van der Waals surface area contributed by atoms with Crippen molar-refractivity contribution in [2.45, 2.75) is 19.9 Å². The van der Waals surface area contributed by atoms with Gasteiger partial charge in [-0.3, -0.25) is 9.36 Å². The fraction of sp³-hybridized carbons (Fsp3) is 0.200. The molecule has 0 saturated heterocycles. The minimum atomic E-state index is 0.0519. The van der Waals surface area contributed by atoms with Crippen molar-refractivity contribution >= 4 is 37.5 Å². The summed E-state index contributed by atoms with van der Waals surface area (Å²) < 4.78 is 2.72. The van der Waals surface area contributed by atoms with Crippen molar-refractivity contribution in [1.82, 2.24) is 9.55 Å². The normalized spacial score (nSPS) is 11.1. The molecular weight excluding hydrogens is 336 g/mol. The molecule has 0 aliphatic rings. The first kappa shape index (κ1) is 13.5. The van der Waals surface area contributed by atoms with Crippen molar-refractivity contribution in [2.24, 2.45) is 0 Å². The van der Waals surface area contributed by atoms with Crippen LogP contribution >= 0.6 is 27.3 Å². The van der Waals surface area contributed by atoms with E-state index in [2.05, 4.69) is 27.8 Å². The van der Waals surface area contributed by atoms with Crippen LogP contribution in [0.15, 0.2) is 45.2 Å². The van der Waals surface area contributed by atoms with Crippen LogP contribution in [0.4, 0.5) is 0 Å². The molecule has 0 spiro atoms. The third-order valence-corrected chi connectivity index (χ3v) is 4.60. The number of aromatic nitrogens is 2. The summed E-state index contributed by atoms with van der Waals surface area (Å²) in [5.74, 6) is 0. The molecule has 2 aromatic heterocycles. The average Bonchev–Trinajstić information content (AvgIpc) is 2.88. The molecule has 1 aromatic carbocycles. The second-order valence-electron chi connectivity index (χ2n) is 4.58. The highest BCUT2D eigenvalue weighted by Gasteiger charge is 2.12. The Morgan fingerprint density at radius 1 is 1.30 bits per heavy atom. The highest BCUT2D eigenvalue weighted by atomic mass is 79.9. The van der Waals surface area contributed by atoms with Crippen molar-refractivity contribution in [3.05, 3.63) is 50.8 Å². The molecule has 102 valence electrons. The van der Waals surface area contributed by atoms with Gasteiger partial charge in [0, 0.05) is 22.0 Å². The summed E-state index contributed by atoms with van der Waals surface area (Å²) in [6.45, 7) is 2.76. The van der Waals surface area contributed by atoms with Crippen LogP contribution in [0.25, 0.3) is 21.3 Å². The van der Waals surface area contributed by atoms with Gasteiger partial charge in [0.05, 0.1) is 11.7 Å². The number of fused-ring (bicyclic) bond motifs is 1. The molecule has 0 amide bonds. The fourth-order valence-corrected chi connectivity index (χ4v) is 3.38. The second kappa shape index (κ2) is 5.50. The van der Waals surface area contributed by atoms with Crippen molar-refractivity contribution in [1.29, 1.82) is 0 Å². The van der Waals surface area contributed by atoms with Gasteiger partial charge in [-0.15, -0.1) is 11.3 Å². The van der Waals surface area contributed by atoms with Gasteiger partial charge in [0.2, 0.25) is 0 Å².